The molecule has 2 amide bonds. The van der Waals surface area contributed by atoms with E-state index >= 15 is 0 Å². The zero-order chi connectivity index (χ0) is 12.6. The summed E-state index contributed by atoms with van der Waals surface area (Å²) in [5, 5.41) is 4.64. The van der Waals surface area contributed by atoms with Gasteiger partial charge in [-0.1, -0.05) is 17.7 Å². The monoisotopic (exact) mass is 264 g/mol. The van der Waals surface area contributed by atoms with Crippen molar-refractivity contribution in [2.45, 2.75) is 12.2 Å². The molecule has 1 atom stereocenters. The maximum atomic E-state index is 12.6. The highest BCUT2D eigenvalue weighted by Gasteiger charge is 2.34. The first-order valence-electron chi connectivity index (χ1n) is 4.79. The third kappa shape index (κ3) is 2.46. The molecule has 2 rings (SSSR count). The second kappa shape index (κ2) is 4.10. The minimum Gasteiger partial charge on any atom is -0.336 e. The minimum atomic E-state index is -4.50. The summed E-state index contributed by atoms with van der Waals surface area (Å²) in [7, 11) is 0. The number of nitrogens with one attached hydrogen (secondary N) is 2. The van der Waals surface area contributed by atoms with Gasteiger partial charge in [-0.3, -0.25) is 0 Å². The lowest BCUT2D eigenvalue weighted by atomic mass is 10.0. The van der Waals surface area contributed by atoms with Crippen molar-refractivity contribution in [2.75, 3.05) is 6.54 Å². The summed E-state index contributed by atoms with van der Waals surface area (Å²) in [6, 6.07) is 2.76. The zero-order valence-electron chi connectivity index (χ0n) is 8.44. The van der Waals surface area contributed by atoms with Crippen LogP contribution in [0.15, 0.2) is 18.2 Å². The van der Waals surface area contributed by atoms with E-state index in [0.717, 1.165) is 6.07 Å². The maximum absolute atomic E-state index is 12.6. The SMILES string of the molecule is O=C1NC[C@H](c2ccc(Cl)c(C(F)(F)F)c2)N1. The van der Waals surface area contributed by atoms with E-state index in [4.69, 9.17) is 11.6 Å². The highest BCUT2D eigenvalue weighted by atomic mass is 35.5. The fourth-order valence-corrected chi connectivity index (χ4v) is 1.86. The average molecular weight is 265 g/mol. The van der Waals surface area contributed by atoms with Crippen LogP contribution >= 0.6 is 11.6 Å². The van der Waals surface area contributed by atoms with Crippen LogP contribution in [0.4, 0.5) is 18.0 Å². The normalized spacial score (nSPS) is 20.0. The summed E-state index contributed by atoms with van der Waals surface area (Å²) >= 11 is 5.49. The molecule has 0 unspecified atom stereocenters. The fraction of sp³-hybridized carbons (Fsp3) is 0.300. The highest BCUT2D eigenvalue weighted by Crippen LogP contribution is 2.36. The van der Waals surface area contributed by atoms with Crippen LogP contribution in [-0.2, 0) is 6.18 Å². The summed E-state index contributed by atoms with van der Waals surface area (Å²) in [5.74, 6) is 0. The first kappa shape index (κ1) is 12.0. The van der Waals surface area contributed by atoms with Crippen LogP contribution in [0.2, 0.25) is 5.02 Å². The van der Waals surface area contributed by atoms with Crippen molar-refractivity contribution in [2.24, 2.45) is 0 Å². The summed E-state index contributed by atoms with van der Waals surface area (Å²) < 4.78 is 37.8. The summed E-state index contributed by atoms with van der Waals surface area (Å²) in [6.07, 6.45) is -4.50. The number of alkyl halides is 3. The van der Waals surface area contributed by atoms with Crippen LogP contribution in [0.5, 0.6) is 0 Å². The van der Waals surface area contributed by atoms with Gasteiger partial charge in [0, 0.05) is 6.54 Å². The van der Waals surface area contributed by atoms with Gasteiger partial charge in [-0.15, -0.1) is 0 Å². The number of hydrogen-bond acceptors (Lipinski definition) is 1. The second-order valence-electron chi connectivity index (χ2n) is 3.64. The zero-order valence-corrected chi connectivity index (χ0v) is 9.19. The molecule has 1 heterocycles. The van der Waals surface area contributed by atoms with E-state index in [1.807, 2.05) is 0 Å². The number of carbonyl (C=O) groups is 1. The smallest absolute Gasteiger partial charge is 0.336 e. The molecular weight excluding hydrogens is 257 g/mol. The van der Waals surface area contributed by atoms with Crippen molar-refractivity contribution in [3.8, 4) is 0 Å². The average Bonchev–Trinajstić information content (AvgIpc) is 2.64. The number of benzene rings is 1. The van der Waals surface area contributed by atoms with Crippen molar-refractivity contribution in [3.05, 3.63) is 34.3 Å². The third-order valence-corrected chi connectivity index (χ3v) is 2.80. The molecule has 0 bridgehead atoms. The Bertz CT molecular complexity index is 461. The standard InChI is InChI=1S/C10H8ClF3N2O/c11-7-2-1-5(3-6(7)10(12,13)14)8-4-15-9(17)16-8/h1-3,8H,4H2,(H2,15,16,17)/t8-/m1/s1. The van der Waals surface area contributed by atoms with E-state index in [0.29, 0.717) is 5.56 Å². The van der Waals surface area contributed by atoms with E-state index in [9.17, 15) is 18.0 Å². The van der Waals surface area contributed by atoms with Crippen molar-refractivity contribution in [1.29, 1.82) is 0 Å². The molecule has 1 fully saturated rings. The Morgan fingerprint density at radius 3 is 2.59 bits per heavy atom. The molecule has 1 aliphatic heterocycles. The highest BCUT2D eigenvalue weighted by molar-refractivity contribution is 6.31. The van der Waals surface area contributed by atoms with Crippen molar-refractivity contribution in [1.82, 2.24) is 10.6 Å². The van der Waals surface area contributed by atoms with Crippen molar-refractivity contribution >= 4 is 17.6 Å². The molecule has 0 saturated carbocycles. The molecule has 92 valence electrons. The predicted octanol–water partition coefficient (Wildman–Crippen LogP) is 2.71. The van der Waals surface area contributed by atoms with E-state index in [1.165, 1.54) is 12.1 Å². The van der Waals surface area contributed by atoms with Gasteiger partial charge in [0.1, 0.15) is 0 Å². The Morgan fingerprint density at radius 2 is 2.06 bits per heavy atom. The number of halogens is 4. The number of hydrogen-bond donors (Lipinski definition) is 2. The van der Waals surface area contributed by atoms with Crippen molar-refractivity contribution < 1.29 is 18.0 Å². The first-order valence-corrected chi connectivity index (χ1v) is 5.17. The lowest BCUT2D eigenvalue weighted by Crippen LogP contribution is -2.22. The topological polar surface area (TPSA) is 41.1 Å². The van der Waals surface area contributed by atoms with Crippen LogP contribution < -0.4 is 10.6 Å². The first-order chi connectivity index (χ1) is 7.88. The van der Waals surface area contributed by atoms with Gasteiger partial charge in [0.2, 0.25) is 0 Å². The molecule has 7 heteroatoms. The Morgan fingerprint density at radius 1 is 1.35 bits per heavy atom. The Hall–Kier alpha value is -1.43. The lowest BCUT2D eigenvalue weighted by Gasteiger charge is -2.14. The van der Waals surface area contributed by atoms with Gasteiger partial charge >= 0.3 is 12.2 Å². The summed E-state index contributed by atoms with van der Waals surface area (Å²) in [6.45, 7) is 0.262. The largest absolute Gasteiger partial charge is 0.417 e. The third-order valence-electron chi connectivity index (χ3n) is 2.47. The Kier molecular flexibility index (Phi) is 2.91. The second-order valence-corrected chi connectivity index (χ2v) is 4.05. The number of amides is 2. The van der Waals surface area contributed by atoms with Crippen LogP contribution in [0.3, 0.4) is 0 Å². The molecule has 1 aliphatic rings. The molecule has 0 spiro atoms. The quantitative estimate of drug-likeness (QED) is 0.804. The predicted molar refractivity (Wildman–Crippen MR) is 55.7 cm³/mol. The van der Waals surface area contributed by atoms with E-state index in [1.54, 1.807) is 0 Å². The van der Waals surface area contributed by atoms with Crippen molar-refractivity contribution in [3.63, 3.8) is 0 Å². The van der Waals surface area contributed by atoms with Crippen LogP contribution in [0.1, 0.15) is 17.2 Å². The maximum Gasteiger partial charge on any atom is 0.417 e. The molecule has 1 saturated heterocycles. The van der Waals surface area contributed by atoms with E-state index in [2.05, 4.69) is 10.6 Å². The van der Waals surface area contributed by atoms with E-state index < -0.39 is 23.8 Å². The molecule has 1 aromatic rings. The molecule has 0 aliphatic carbocycles. The molecule has 0 aromatic heterocycles. The number of carbonyl (C=O) groups excluding carboxylic acids is 1. The van der Waals surface area contributed by atoms with Gasteiger partial charge < -0.3 is 10.6 Å². The Balaban J connectivity index is 2.34. The molecule has 17 heavy (non-hydrogen) atoms. The molecule has 0 radical (unpaired) electrons. The van der Waals surface area contributed by atoms with Gasteiger partial charge in [-0.2, -0.15) is 13.2 Å². The molecule has 3 nitrogen and oxygen atoms in total. The van der Waals surface area contributed by atoms with E-state index in [-0.39, 0.29) is 11.6 Å². The fourth-order valence-electron chi connectivity index (χ4n) is 1.63. The molecular formula is C10H8ClF3N2O. The summed E-state index contributed by atoms with van der Waals surface area (Å²) in [4.78, 5) is 10.9. The number of urea groups is 1. The molecule has 2 N–H and O–H groups in total. The molecule has 1 aromatic carbocycles. The lowest BCUT2D eigenvalue weighted by molar-refractivity contribution is -0.137. The van der Waals surface area contributed by atoms with Gasteiger partial charge in [0.05, 0.1) is 16.6 Å². The number of rotatable bonds is 1. The van der Waals surface area contributed by atoms with Gasteiger partial charge in [-0.05, 0) is 17.7 Å². The van der Waals surface area contributed by atoms with Gasteiger partial charge in [0.15, 0.2) is 0 Å². The Labute approximate surface area is 99.9 Å². The van der Waals surface area contributed by atoms with Gasteiger partial charge in [0.25, 0.3) is 0 Å². The van der Waals surface area contributed by atoms with Crippen LogP contribution in [0, 0.1) is 0 Å². The minimum absolute atomic E-state index is 0.262. The van der Waals surface area contributed by atoms with Crippen LogP contribution in [-0.4, -0.2) is 12.6 Å². The van der Waals surface area contributed by atoms with Crippen LogP contribution in [0.25, 0.3) is 0 Å². The summed E-state index contributed by atoms with van der Waals surface area (Å²) in [5.41, 5.74) is -0.516. The van der Waals surface area contributed by atoms with Gasteiger partial charge in [-0.25, -0.2) is 4.79 Å².